The molecular formula is C12H21N3OS. The molecular weight excluding hydrogens is 234 g/mol. The molecule has 0 aromatic carbocycles. The summed E-state index contributed by atoms with van der Waals surface area (Å²) in [5.74, 6) is 0.394. The van der Waals surface area contributed by atoms with Crippen molar-refractivity contribution in [3.05, 3.63) is 5.01 Å². The molecule has 1 aliphatic heterocycles. The van der Waals surface area contributed by atoms with E-state index in [-0.39, 0.29) is 12.0 Å². The zero-order valence-corrected chi connectivity index (χ0v) is 11.6. The molecule has 1 aromatic rings. The Morgan fingerprint density at radius 1 is 1.41 bits per heavy atom. The Balaban J connectivity index is 2.09. The standard InChI is InChI=1S/C12H21N3OS/c1-12(2,3)10-13-14-11(17-10)15-6-4-5-9(7-15)8-16/h9,16H,4-8H2,1-3H3. The Bertz CT molecular complexity index is 372. The van der Waals surface area contributed by atoms with E-state index in [0.717, 1.165) is 36.1 Å². The van der Waals surface area contributed by atoms with Gasteiger partial charge in [0, 0.05) is 25.1 Å². The summed E-state index contributed by atoms with van der Waals surface area (Å²) in [5, 5.41) is 19.9. The zero-order valence-electron chi connectivity index (χ0n) is 10.8. The van der Waals surface area contributed by atoms with Gasteiger partial charge in [-0.3, -0.25) is 0 Å². The Labute approximate surface area is 107 Å². The van der Waals surface area contributed by atoms with Crippen LogP contribution in [0.2, 0.25) is 0 Å². The molecule has 96 valence electrons. The fraction of sp³-hybridized carbons (Fsp3) is 0.833. The molecule has 5 heteroatoms. The molecule has 1 N–H and O–H groups in total. The highest BCUT2D eigenvalue weighted by molar-refractivity contribution is 7.15. The third-order valence-electron chi connectivity index (χ3n) is 3.10. The maximum atomic E-state index is 9.23. The van der Waals surface area contributed by atoms with Crippen molar-refractivity contribution in [1.29, 1.82) is 0 Å². The maximum absolute atomic E-state index is 9.23. The number of aromatic nitrogens is 2. The Kier molecular flexibility index (Phi) is 3.68. The Morgan fingerprint density at radius 2 is 2.18 bits per heavy atom. The van der Waals surface area contributed by atoms with Crippen molar-refractivity contribution in [2.24, 2.45) is 5.92 Å². The van der Waals surface area contributed by atoms with Crippen molar-refractivity contribution in [1.82, 2.24) is 10.2 Å². The van der Waals surface area contributed by atoms with Gasteiger partial charge < -0.3 is 10.0 Å². The molecule has 0 amide bonds. The van der Waals surface area contributed by atoms with Gasteiger partial charge in [0.05, 0.1) is 0 Å². The smallest absolute Gasteiger partial charge is 0.208 e. The van der Waals surface area contributed by atoms with E-state index < -0.39 is 0 Å². The van der Waals surface area contributed by atoms with E-state index in [1.165, 1.54) is 0 Å². The molecule has 0 spiro atoms. The van der Waals surface area contributed by atoms with E-state index >= 15 is 0 Å². The first-order chi connectivity index (χ1) is 8.00. The molecule has 1 fully saturated rings. The van der Waals surface area contributed by atoms with Gasteiger partial charge in [0.25, 0.3) is 0 Å². The minimum Gasteiger partial charge on any atom is -0.396 e. The molecule has 4 nitrogen and oxygen atoms in total. The summed E-state index contributed by atoms with van der Waals surface area (Å²) in [7, 11) is 0. The first-order valence-electron chi connectivity index (χ1n) is 6.20. The molecule has 2 heterocycles. The van der Waals surface area contributed by atoms with Crippen molar-refractivity contribution in [2.45, 2.75) is 39.0 Å². The van der Waals surface area contributed by atoms with Crippen LogP contribution in [-0.4, -0.2) is 35.0 Å². The molecule has 17 heavy (non-hydrogen) atoms. The molecule has 0 aliphatic carbocycles. The van der Waals surface area contributed by atoms with Gasteiger partial charge in [0.2, 0.25) is 5.13 Å². The van der Waals surface area contributed by atoms with Crippen LogP contribution in [-0.2, 0) is 5.41 Å². The normalized spacial score (nSPS) is 21.9. The van der Waals surface area contributed by atoms with Crippen LogP contribution < -0.4 is 4.90 Å². The summed E-state index contributed by atoms with van der Waals surface area (Å²) >= 11 is 1.68. The number of hydrogen-bond acceptors (Lipinski definition) is 5. The SMILES string of the molecule is CC(C)(C)c1nnc(N2CCCC(CO)C2)s1. The number of piperidine rings is 1. The van der Waals surface area contributed by atoms with E-state index in [4.69, 9.17) is 0 Å². The number of anilines is 1. The molecule has 1 aromatic heterocycles. The highest BCUT2D eigenvalue weighted by atomic mass is 32.1. The number of rotatable bonds is 2. The quantitative estimate of drug-likeness (QED) is 0.878. The largest absolute Gasteiger partial charge is 0.396 e. The predicted octanol–water partition coefficient (Wildman–Crippen LogP) is 2.04. The molecule has 2 rings (SSSR count). The van der Waals surface area contributed by atoms with Crippen LogP contribution in [0.5, 0.6) is 0 Å². The van der Waals surface area contributed by atoms with E-state index in [0.29, 0.717) is 5.92 Å². The summed E-state index contributed by atoms with van der Waals surface area (Å²) in [6, 6.07) is 0. The molecule has 1 saturated heterocycles. The van der Waals surface area contributed by atoms with Crippen LogP contribution in [0.1, 0.15) is 38.6 Å². The number of aliphatic hydroxyl groups is 1. The summed E-state index contributed by atoms with van der Waals surface area (Å²) < 4.78 is 0. The third-order valence-corrected chi connectivity index (χ3v) is 4.51. The van der Waals surface area contributed by atoms with Gasteiger partial charge in [0.15, 0.2) is 0 Å². The fourth-order valence-corrected chi connectivity index (χ4v) is 2.97. The van der Waals surface area contributed by atoms with Crippen LogP contribution in [0.25, 0.3) is 0 Å². The van der Waals surface area contributed by atoms with Gasteiger partial charge in [-0.25, -0.2) is 0 Å². The van der Waals surface area contributed by atoms with Gasteiger partial charge in [-0.05, 0) is 18.8 Å². The van der Waals surface area contributed by atoms with Gasteiger partial charge in [0.1, 0.15) is 5.01 Å². The molecule has 0 saturated carbocycles. The van der Waals surface area contributed by atoms with Gasteiger partial charge in [-0.15, -0.1) is 10.2 Å². The van der Waals surface area contributed by atoms with Gasteiger partial charge in [-0.2, -0.15) is 0 Å². The first kappa shape index (κ1) is 12.8. The molecule has 1 atom stereocenters. The highest BCUT2D eigenvalue weighted by Gasteiger charge is 2.25. The van der Waals surface area contributed by atoms with Gasteiger partial charge in [-0.1, -0.05) is 32.1 Å². The Morgan fingerprint density at radius 3 is 2.76 bits per heavy atom. The van der Waals surface area contributed by atoms with E-state index in [9.17, 15) is 5.11 Å². The third kappa shape index (κ3) is 2.96. The van der Waals surface area contributed by atoms with Crippen molar-refractivity contribution in [3.8, 4) is 0 Å². The molecule has 0 radical (unpaired) electrons. The minimum atomic E-state index is 0.0715. The summed E-state index contributed by atoms with van der Waals surface area (Å²) in [5.41, 5.74) is 0.0715. The van der Waals surface area contributed by atoms with Crippen molar-refractivity contribution >= 4 is 16.5 Å². The maximum Gasteiger partial charge on any atom is 0.208 e. The average molecular weight is 255 g/mol. The molecule has 1 aliphatic rings. The van der Waals surface area contributed by atoms with E-state index in [1.54, 1.807) is 11.3 Å². The first-order valence-corrected chi connectivity index (χ1v) is 7.02. The lowest BCUT2D eigenvalue weighted by Crippen LogP contribution is -2.36. The van der Waals surface area contributed by atoms with Crippen molar-refractivity contribution < 1.29 is 5.11 Å². The summed E-state index contributed by atoms with van der Waals surface area (Å²) in [6.45, 7) is 8.70. The number of hydrogen-bond donors (Lipinski definition) is 1. The van der Waals surface area contributed by atoms with E-state index in [1.807, 2.05) is 0 Å². The minimum absolute atomic E-state index is 0.0715. The van der Waals surface area contributed by atoms with Crippen LogP contribution in [0.15, 0.2) is 0 Å². The lowest BCUT2D eigenvalue weighted by atomic mass is 9.98. The molecule has 1 unspecified atom stereocenters. The second-order valence-electron chi connectivity index (χ2n) is 5.78. The van der Waals surface area contributed by atoms with Crippen LogP contribution in [0, 0.1) is 5.92 Å². The van der Waals surface area contributed by atoms with Crippen molar-refractivity contribution in [3.63, 3.8) is 0 Å². The highest BCUT2D eigenvalue weighted by Crippen LogP contribution is 2.31. The monoisotopic (exact) mass is 255 g/mol. The number of aliphatic hydroxyl groups excluding tert-OH is 1. The lowest BCUT2D eigenvalue weighted by Gasteiger charge is -2.31. The fourth-order valence-electron chi connectivity index (χ4n) is 2.03. The van der Waals surface area contributed by atoms with Crippen LogP contribution in [0.3, 0.4) is 0 Å². The zero-order chi connectivity index (χ0) is 12.5. The second kappa shape index (κ2) is 4.90. The topological polar surface area (TPSA) is 49.2 Å². The lowest BCUT2D eigenvalue weighted by molar-refractivity contribution is 0.208. The van der Waals surface area contributed by atoms with Crippen molar-refractivity contribution in [2.75, 3.05) is 24.6 Å². The second-order valence-corrected chi connectivity index (χ2v) is 6.73. The van der Waals surface area contributed by atoms with Crippen LogP contribution >= 0.6 is 11.3 Å². The predicted molar refractivity (Wildman–Crippen MR) is 70.6 cm³/mol. The van der Waals surface area contributed by atoms with Gasteiger partial charge >= 0.3 is 0 Å². The molecule has 0 bridgehead atoms. The van der Waals surface area contributed by atoms with Crippen LogP contribution in [0.4, 0.5) is 5.13 Å². The summed E-state index contributed by atoms with van der Waals surface area (Å²) in [4.78, 5) is 2.26. The average Bonchev–Trinajstić information content (AvgIpc) is 2.78. The number of nitrogens with zero attached hydrogens (tertiary/aromatic N) is 3. The Hall–Kier alpha value is -0.680. The summed E-state index contributed by atoms with van der Waals surface area (Å²) in [6.07, 6.45) is 2.26. The van der Waals surface area contributed by atoms with E-state index in [2.05, 4.69) is 35.9 Å².